The van der Waals surface area contributed by atoms with Crippen molar-refractivity contribution in [2.45, 2.75) is 44.1 Å². The van der Waals surface area contributed by atoms with Gasteiger partial charge in [-0.25, -0.2) is 0 Å². The fourth-order valence-electron chi connectivity index (χ4n) is 3.93. The van der Waals surface area contributed by atoms with Crippen LogP contribution >= 0.6 is 0 Å². The molecule has 0 amide bonds. The van der Waals surface area contributed by atoms with Crippen molar-refractivity contribution >= 4 is 0 Å². The number of aryl methyl sites for hydroxylation is 1. The average molecular weight is 442 g/mol. The van der Waals surface area contributed by atoms with Gasteiger partial charge >= 0.3 is 0 Å². The van der Waals surface area contributed by atoms with Crippen LogP contribution in [-0.4, -0.2) is 68.8 Å². The lowest BCUT2D eigenvalue weighted by molar-refractivity contribution is -0.231. The van der Waals surface area contributed by atoms with Gasteiger partial charge in [0.05, 0.1) is 13.2 Å². The summed E-state index contributed by atoms with van der Waals surface area (Å²) in [5, 5.41) is 48.1. The summed E-state index contributed by atoms with van der Waals surface area (Å²) in [7, 11) is 1.61. The molecule has 4 N–H and O–H groups in total. The molecule has 1 aliphatic heterocycles. The molecule has 2 aromatic carbocycles. The minimum absolute atomic E-state index is 0.344. The Morgan fingerprint density at radius 2 is 1.75 bits per heavy atom. The van der Waals surface area contributed by atoms with E-state index in [-0.39, 0.29) is 0 Å². The van der Waals surface area contributed by atoms with E-state index in [0.29, 0.717) is 24.0 Å². The number of benzene rings is 2. The van der Waals surface area contributed by atoms with Crippen LogP contribution < -0.4 is 0 Å². The zero-order valence-electron chi connectivity index (χ0n) is 17.8. The topological polar surface area (TPSA) is 138 Å². The Morgan fingerprint density at radius 3 is 2.44 bits per heavy atom. The average Bonchev–Trinajstić information content (AvgIpc) is 3.24. The van der Waals surface area contributed by atoms with Gasteiger partial charge in [-0.15, -0.1) is 10.2 Å². The molecule has 0 spiro atoms. The first-order valence-corrected chi connectivity index (χ1v) is 10.3. The quantitative estimate of drug-likeness (QED) is 0.446. The Hall–Kier alpha value is -2.66. The molecule has 5 atom stereocenters. The Balaban J connectivity index is 1.68. The third-order valence-electron chi connectivity index (χ3n) is 5.60. The second kappa shape index (κ2) is 9.45. The standard InChI is InChI=1S/C23H26N2O7/c1-12-24-25-23(31-12)17-7-6-14(9-16(17)11-30-2)13-4-3-5-15(8-13)22-21(29)20(28)19(27)18(10-26)32-22/h3-9,18-22,26-29H,10-11H2,1-2H3. The van der Waals surface area contributed by atoms with Crippen LogP contribution in [0.15, 0.2) is 46.9 Å². The second-order valence-electron chi connectivity index (χ2n) is 7.81. The predicted octanol–water partition coefficient (Wildman–Crippen LogP) is 1.37. The highest BCUT2D eigenvalue weighted by Crippen LogP contribution is 2.35. The number of nitrogens with zero attached hydrogens (tertiary/aromatic N) is 2. The van der Waals surface area contributed by atoms with Gasteiger partial charge in [0.2, 0.25) is 11.8 Å². The van der Waals surface area contributed by atoms with Gasteiger partial charge in [0.15, 0.2) is 0 Å². The fraction of sp³-hybridized carbons (Fsp3) is 0.391. The molecule has 9 heteroatoms. The summed E-state index contributed by atoms with van der Waals surface area (Å²) in [4.78, 5) is 0. The van der Waals surface area contributed by atoms with Gasteiger partial charge in [-0.05, 0) is 40.5 Å². The first-order chi connectivity index (χ1) is 15.4. The highest BCUT2D eigenvalue weighted by Gasteiger charge is 2.43. The van der Waals surface area contributed by atoms with E-state index in [9.17, 15) is 20.4 Å². The van der Waals surface area contributed by atoms with E-state index in [1.54, 1.807) is 20.1 Å². The van der Waals surface area contributed by atoms with Crippen LogP contribution in [0.25, 0.3) is 22.6 Å². The molecule has 1 fully saturated rings. The summed E-state index contributed by atoms with van der Waals surface area (Å²) < 4.78 is 16.6. The number of aliphatic hydroxyl groups is 4. The molecule has 170 valence electrons. The Labute approximate surface area is 184 Å². The Bertz CT molecular complexity index is 1070. The van der Waals surface area contributed by atoms with Crippen molar-refractivity contribution in [3.05, 3.63) is 59.5 Å². The van der Waals surface area contributed by atoms with Gasteiger partial charge in [-0.2, -0.15) is 0 Å². The zero-order valence-corrected chi connectivity index (χ0v) is 17.8. The van der Waals surface area contributed by atoms with E-state index in [0.717, 1.165) is 22.3 Å². The van der Waals surface area contributed by atoms with Gasteiger partial charge in [0, 0.05) is 19.6 Å². The summed E-state index contributed by atoms with van der Waals surface area (Å²) in [5.74, 6) is 0.885. The summed E-state index contributed by atoms with van der Waals surface area (Å²) in [6.07, 6.45) is -6.03. The van der Waals surface area contributed by atoms with Crippen molar-refractivity contribution in [3.63, 3.8) is 0 Å². The predicted molar refractivity (Wildman–Crippen MR) is 113 cm³/mol. The van der Waals surface area contributed by atoms with Gasteiger partial charge in [-0.1, -0.05) is 24.3 Å². The largest absolute Gasteiger partial charge is 0.421 e. The van der Waals surface area contributed by atoms with E-state index in [1.807, 2.05) is 36.4 Å². The van der Waals surface area contributed by atoms with Crippen LogP contribution in [0.3, 0.4) is 0 Å². The highest BCUT2D eigenvalue weighted by molar-refractivity contribution is 5.70. The van der Waals surface area contributed by atoms with Gasteiger partial charge in [0.25, 0.3) is 0 Å². The summed E-state index contributed by atoms with van der Waals surface area (Å²) >= 11 is 0. The van der Waals surface area contributed by atoms with Crippen LogP contribution in [0, 0.1) is 6.92 Å². The third-order valence-corrected chi connectivity index (χ3v) is 5.60. The number of aliphatic hydroxyl groups excluding tert-OH is 4. The van der Waals surface area contributed by atoms with Crippen LogP contribution in [0.1, 0.15) is 23.1 Å². The normalized spacial score (nSPS) is 25.8. The maximum absolute atomic E-state index is 10.5. The summed E-state index contributed by atoms with van der Waals surface area (Å²) in [5.41, 5.74) is 4.01. The van der Waals surface area contributed by atoms with E-state index in [2.05, 4.69) is 10.2 Å². The number of ether oxygens (including phenoxy) is 2. The molecule has 2 heterocycles. The lowest BCUT2D eigenvalue weighted by atomic mass is 9.89. The number of aromatic nitrogens is 2. The minimum atomic E-state index is -1.43. The molecule has 32 heavy (non-hydrogen) atoms. The Morgan fingerprint density at radius 1 is 0.969 bits per heavy atom. The smallest absolute Gasteiger partial charge is 0.248 e. The van der Waals surface area contributed by atoms with Gasteiger partial charge in [-0.3, -0.25) is 0 Å². The second-order valence-corrected chi connectivity index (χ2v) is 7.81. The molecule has 1 saturated heterocycles. The van der Waals surface area contributed by atoms with Crippen LogP contribution in [0.5, 0.6) is 0 Å². The van der Waals surface area contributed by atoms with Crippen LogP contribution in [-0.2, 0) is 16.1 Å². The zero-order chi connectivity index (χ0) is 22.8. The summed E-state index contributed by atoms with van der Waals surface area (Å²) in [6.45, 7) is 1.60. The molecule has 9 nitrogen and oxygen atoms in total. The van der Waals surface area contributed by atoms with Crippen LogP contribution in [0.4, 0.5) is 0 Å². The monoisotopic (exact) mass is 442 g/mol. The molecular formula is C23H26N2O7. The number of rotatable bonds is 6. The number of methoxy groups -OCH3 is 1. The highest BCUT2D eigenvalue weighted by atomic mass is 16.5. The number of hydrogen-bond donors (Lipinski definition) is 4. The maximum Gasteiger partial charge on any atom is 0.248 e. The molecule has 3 aromatic rings. The molecule has 0 bridgehead atoms. The maximum atomic E-state index is 10.5. The molecule has 5 unspecified atom stereocenters. The van der Waals surface area contributed by atoms with Crippen molar-refractivity contribution in [1.82, 2.24) is 10.2 Å². The van der Waals surface area contributed by atoms with Crippen LogP contribution in [0.2, 0.25) is 0 Å². The fourth-order valence-corrected chi connectivity index (χ4v) is 3.93. The molecule has 0 saturated carbocycles. The van der Waals surface area contributed by atoms with Crippen molar-refractivity contribution in [1.29, 1.82) is 0 Å². The van der Waals surface area contributed by atoms with E-state index in [1.165, 1.54) is 0 Å². The third kappa shape index (κ3) is 4.31. The van der Waals surface area contributed by atoms with Crippen molar-refractivity contribution in [2.75, 3.05) is 13.7 Å². The first-order valence-electron chi connectivity index (χ1n) is 10.3. The molecule has 0 aliphatic carbocycles. The molecule has 4 rings (SSSR count). The van der Waals surface area contributed by atoms with Crippen molar-refractivity contribution in [3.8, 4) is 22.6 Å². The van der Waals surface area contributed by atoms with Gasteiger partial charge < -0.3 is 34.3 Å². The molecule has 1 aliphatic rings. The van der Waals surface area contributed by atoms with Gasteiger partial charge in [0.1, 0.15) is 30.5 Å². The SMILES string of the molecule is COCc1cc(-c2cccc(C3OC(CO)C(O)C(O)C3O)c2)ccc1-c1nnc(C)o1. The summed E-state index contributed by atoms with van der Waals surface area (Å²) in [6, 6.07) is 13.1. The van der Waals surface area contributed by atoms with Crippen molar-refractivity contribution in [2.24, 2.45) is 0 Å². The Kier molecular flexibility index (Phi) is 6.66. The first kappa shape index (κ1) is 22.5. The number of hydrogen-bond acceptors (Lipinski definition) is 9. The molecular weight excluding hydrogens is 416 g/mol. The molecule has 1 aromatic heterocycles. The van der Waals surface area contributed by atoms with E-state index < -0.39 is 37.1 Å². The van der Waals surface area contributed by atoms with Crippen molar-refractivity contribution < 1.29 is 34.3 Å². The van der Waals surface area contributed by atoms with E-state index in [4.69, 9.17) is 13.9 Å². The minimum Gasteiger partial charge on any atom is -0.421 e. The lowest BCUT2D eigenvalue weighted by Gasteiger charge is -2.40. The lowest BCUT2D eigenvalue weighted by Crippen LogP contribution is -2.55. The van der Waals surface area contributed by atoms with E-state index >= 15 is 0 Å². The molecule has 0 radical (unpaired) electrons.